The zero-order valence-electron chi connectivity index (χ0n) is 10.2. The standard InChI is InChI=1S/C12H7Cl2N3O4/c13-7-3-1-2-6(9(7)14)4-5-8-15-11(18)10(17(20)21)12(19)16-8/h1-5H,(H2,15,16,18,19)/b5-4-. The van der Waals surface area contributed by atoms with E-state index in [2.05, 4.69) is 9.97 Å². The van der Waals surface area contributed by atoms with Crippen LogP contribution in [0.3, 0.4) is 0 Å². The molecule has 1 aromatic heterocycles. The van der Waals surface area contributed by atoms with Crippen molar-refractivity contribution < 1.29 is 10.0 Å². The molecule has 0 radical (unpaired) electrons. The topological polar surface area (TPSA) is 109 Å². The number of H-pyrrole nitrogens is 1. The first-order valence-corrected chi connectivity index (χ1v) is 6.25. The molecule has 0 saturated carbocycles. The molecule has 0 unspecified atom stereocenters. The van der Waals surface area contributed by atoms with Crippen molar-refractivity contribution in [3.05, 3.63) is 60.1 Å². The van der Waals surface area contributed by atoms with Crippen molar-refractivity contribution in [3.8, 4) is 5.88 Å². The summed E-state index contributed by atoms with van der Waals surface area (Å²) < 4.78 is 0. The highest BCUT2D eigenvalue weighted by atomic mass is 35.5. The number of aromatic amines is 1. The van der Waals surface area contributed by atoms with Gasteiger partial charge in [-0.3, -0.25) is 14.9 Å². The number of halogens is 2. The van der Waals surface area contributed by atoms with Crippen LogP contribution in [0.15, 0.2) is 23.0 Å². The Kier molecular flexibility index (Phi) is 4.25. The zero-order valence-corrected chi connectivity index (χ0v) is 11.7. The van der Waals surface area contributed by atoms with Crippen molar-refractivity contribution in [1.82, 2.24) is 9.97 Å². The minimum atomic E-state index is -1.05. The van der Waals surface area contributed by atoms with Crippen LogP contribution >= 0.6 is 23.2 Å². The molecule has 7 nitrogen and oxygen atoms in total. The van der Waals surface area contributed by atoms with E-state index in [1.165, 1.54) is 12.2 Å². The number of aromatic hydroxyl groups is 1. The lowest BCUT2D eigenvalue weighted by Crippen LogP contribution is -2.14. The SMILES string of the molecule is O=c1[nH]c(/C=C\c2cccc(Cl)c2Cl)nc(O)c1[N+](=O)[O-]. The van der Waals surface area contributed by atoms with Crippen LogP contribution in [0.2, 0.25) is 10.0 Å². The Morgan fingerprint density at radius 2 is 2.05 bits per heavy atom. The van der Waals surface area contributed by atoms with Gasteiger partial charge in [-0.25, -0.2) is 0 Å². The fourth-order valence-corrected chi connectivity index (χ4v) is 1.90. The normalized spacial score (nSPS) is 11.0. The van der Waals surface area contributed by atoms with Crippen LogP contribution in [0.1, 0.15) is 11.4 Å². The second-order valence-corrected chi connectivity index (χ2v) is 4.64. The molecule has 0 aliphatic carbocycles. The molecule has 1 heterocycles. The molecule has 0 saturated heterocycles. The summed E-state index contributed by atoms with van der Waals surface area (Å²) in [6.07, 6.45) is 2.83. The maximum atomic E-state index is 11.5. The van der Waals surface area contributed by atoms with Crippen LogP contribution in [-0.4, -0.2) is 20.0 Å². The van der Waals surface area contributed by atoms with Crippen molar-refractivity contribution >= 4 is 41.0 Å². The number of nitrogens with zero attached hydrogens (tertiary/aromatic N) is 2. The van der Waals surface area contributed by atoms with Gasteiger partial charge >= 0.3 is 11.2 Å². The Balaban J connectivity index is 2.41. The summed E-state index contributed by atoms with van der Waals surface area (Å²) in [4.78, 5) is 26.7. The van der Waals surface area contributed by atoms with Crippen molar-refractivity contribution in [2.75, 3.05) is 0 Å². The average molecular weight is 328 g/mol. The monoisotopic (exact) mass is 327 g/mol. The van der Waals surface area contributed by atoms with Crippen molar-refractivity contribution in [2.45, 2.75) is 0 Å². The van der Waals surface area contributed by atoms with Crippen molar-refractivity contribution in [3.63, 3.8) is 0 Å². The van der Waals surface area contributed by atoms with Gasteiger partial charge in [0.25, 0.3) is 5.88 Å². The molecule has 2 aromatic rings. The Labute approximate surface area is 127 Å². The quantitative estimate of drug-likeness (QED) is 0.665. The van der Waals surface area contributed by atoms with Gasteiger partial charge in [0, 0.05) is 0 Å². The van der Waals surface area contributed by atoms with Crippen LogP contribution in [0.5, 0.6) is 5.88 Å². The smallest absolute Gasteiger partial charge is 0.395 e. The van der Waals surface area contributed by atoms with Gasteiger partial charge in [-0.05, 0) is 23.8 Å². The molecule has 2 rings (SSSR count). The lowest BCUT2D eigenvalue weighted by molar-refractivity contribution is -0.387. The first-order chi connectivity index (χ1) is 9.90. The van der Waals surface area contributed by atoms with Gasteiger partial charge in [-0.1, -0.05) is 35.3 Å². The molecule has 0 bridgehead atoms. The molecule has 1 aromatic carbocycles. The van der Waals surface area contributed by atoms with Crippen LogP contribution in [0, 0.1) is 10.1 Å². The van der Waals surface area contributed by atoms with Crippen LogP contribution < -0.4 is 5.56 Å². The molecule has 9 heteroatoms. The van der Waals surface area contributed by atoms with E-state index in [1.807, 2.05) is 0 Å². The molecule has 0 aliphatic rings. The number of hydrogen-bond acceptors (Lipinski definition) is 5. The Hall–Kier alpha value is -2.38. The lowest BCUT2D eigenvalue weighted by atomic mass is 10.2. The van der Waals surface area contributed by atoms with E-state index >= 15 is 0 Å². The number of rotatable bonds is 3. The second kappa shape index (κ2) is 5.94. The lowest BCUT2D eigenvalue weighted by Gasteiger charge is -2.00. The maximum Gasteiger partial charge on any atom is 0.395 e. The van der Waals surface area contributed by atoms with Gasteiger partial charge in [0.15, 0.2) is 0 Å². The molecule has 2 N–H and O–H groups in total. The van der Waals surface area contributed by atoms with Gasteiger partial charge in [-0.15, -0.1) is 0 Å². The van der Waals surface area contributed by atoms with Gasteiger partial charge in [0.1, 0.15) is 5.82 Å². The number of aromatic nitrogens is 2. The highest BCUT2D eigenvalue weighted by Crippen LogP contribution is 2.27. The first-order valence-electron chi connectivity index (χ1n) is 5.50. The number of benzene rings is 1. The number of hydrogen-bond donors (Lipinski definition) is 2. The molecular formula is C12H7Cl2N3O4. The largest absolute Gasteiger partial charge is 0.488 e. The highest BCUT2D eigenvalue weighted by Gasteiger charge is 2.21. The molecule has 0 amide bonds. The summed E-state index contributed by atoms with van der Waals surface area (Å²) in [6, 6.07) is 4.96. The minimum absolute atomic E-state index is 0.0563. The molecular weight excluding hydrogens is 321 g/mol. The number of nitrogens with one attached hydrogen (secondary N) is 1. The summed E-state index contributed by atoms with van der Waals surface area (Å²) in [5.74, 6) is -1.01. The van der Waals surface area contributed by atoms with E-state index < -0.39 is 22.0 Å². The second-order valence-electron chi connectivity index (χ2n) is 3.86. The van der Waals surface area contributed by atoms with E-state index in [9.17, 15) is 20.0 Å². The molecule has 0 aliphatic heterocycles. The third-order valence-electron chi connectivity index (χ3n) is 2.48. The van der Waals surface area contributed by atoms with Gasteiger partial charge < -0.3 is 10.1 Å². The van der Waals surface area contributed by atoms with E-state index in [0.29, 0.717) is 15.6 Å². The van der Waals surface area contributed by atoms with E-state index in [-0.39, 0.29) is 5.82 Å². The van der Waals surface area contributed by atoms with E-state index in [0.717, 1.165) is 0 Å². The Morgan fingerprint density at radius 1 is 1.33 bits per heavy atom. The summed E-state index contributed by atoms with van der Waals surface area (Å²) in [6.45, 7) is 0. The minimum Gasteiger partial charge on any atom is -0.488 e. The maximum absolute atomic E-state index is 11.5. The van der Waals surface area contributed by atoms with Crippen LogP contribution in [0.4, 0.5) is 5.69 Å². The molecule has 0 spiro atoms. The summed E-state index contributed by atoms with van der Waals surface area (Å²) in [7, 11) is 0. The predicted molar refractivity (Wildman–Crippen MR) is 78.6 cm³/mol. The Morgan fingerprint density at radius 3 is 2.67 bits per heavy atom. The third kappa shape index (κ3) is 3.21. The summed E-state index contributed by atoms with van der Waals surface area (Å²) in [5.41, 5.74) is -1.50. The molecule has 108 valence electrons. The Bertz CT molecular complexity index is 802. The van der Waals surface area contributed by atoms with E-state index in [1.54, 1.807) is 18.2 Å². The van der Waals surface area contributed by atoms with Crippen LogP contribution in [-0.2, 0) is 0 Å². The number of nitro groups is 1. The van der Waals surface area contributed by atoms with E-state index in [4.69, 9.17) is 23.2 Å². The van der Waals surface area contributed by atoms with Gasteiger partial charge in [0.05, 0.1) is 15.0 Å². The van der Waals surface area contributed by atoms with Gasteiger partial charge in [0.2, 0.25) is 0 Å². The molecule has 0 atom stereocenters. The zero-order chi connectivity index (χ0) is 15.6. The molecule has 21 heavy (non-hydrogen) atoms. The summed E-state index contributed by atoms with van der Waals surface area (Å²) in [5, 5.41) is 20.6. The van der Waals surface area contributed by atoms with Crippen molar-refractivity contribution in [1.29, 1.82) is 0 Å². The van der Waals surface area contributed by atoms with Crippen LogP contribution in [0.25, 0.3) is 12.2 Å². The average Bonchev–Trinajstić information content (AvgIpc) is 2.39. The highest BCUT2D eigenvalue weighted by molar-refractivity contribution is 6.42. The van der Waals surface area contributed by atoms with Crippen molar-refractivity contribution in [2.24, 2.45) is 0 Å². The predicted octanol–water partition coefficient (Wildman–Crippen LogP) is 2.86. The third-order valence-corrected chi connectivity index (χ3v) is 3.31. The van der Waals surface area contributed by atoms with Gasteiger partial charge in [-0.2, -0.15) is 4.98 Å². The fraction of sp³-hybridized carbons (Fsp3) is 0. The fourth-order valence-electron chi connectivity index (χ4n) is 1.53. The first kappa shape index (κ1) is 15.0. The molecule has 0 fully saturated rings. The summed E-state index contributed by atoms with van der Waals surface area (Å²) >= 11 is 11.8.